The lowest BCUT2D eigenvalue weighted by Gasteiger charge is -2.25. The molecule has 2 heterocycles. The van der Waals surface area contributed by atoms with Gasteiger partial charge in [-0.15, -0.1) is 0 Å². The Morgan fingerprint density at radius 3 is 2.64 bits per heavy atom. The molecule has 0 atom stereocenters. The summed E-state index contributed by atoms with van der Waals surface area (Å²) in [5, 5.41) is 0. The average molecular weight is 190 g/mol. The van der Waals surface area contributed by atoms with Gasteiger partial charge in [0.2, 0.25) is 5.95 Å². The zero-order valence-electron chi connectivity index (χ0n) is 8.27. The third-order valence-electron chi connectivity index (χ3n) is 2.38. The molecule has 1 aromatic rings. The van der Waals surface area contributed by atoms with E-state index in [4.69, 9.17) is 5.73 Å². The van der Waals surface area contributed by atoms with Crippen LogP contribution in [0.5, 0.6) is 0 Å². The van der Waals surface area contributed by atoms with Crippen LogP contribution in [0.3, 0.4) is 0 Å². The predicted molar refractivity (Wildman–Crippen MR) is 57.0 cm³/mol. The largest absolute Gasteiger partial charge is 0.396 e. The number of nitrogens with zero attached hydrogens (tertiary/aromatic N) is 3. The van der Waals surface area contributed by atoms with E-state index < -0.39 is 0 Å². The van der Waals surface area contributed by atoms with E-state index in [1.165, 1.54) is 5.57 Å². The van der Waals surface area contributed by atoms with Gasteiger partial charge in [0.25, 0.3) is 0 Å². The Hall–Kier alpha value is -1.58. The summed E-state index contributed by atoms with van der Waals surface area (Å²) >= 11 is 0. The zero-order chi connectivity index (χ0) is 9.97. The van der Waals surface area contributed by atoms with Gasteiger partial charge in [-0.3, -0.25) is 0 Å². The molecule has 4 heteroatoms. The summed E-state index contributed by atoms with van der Waals surface area (Å²) in [6, 6.07) is 0. The minimum absolute atomic E-state index is 0.609. The van der Waals surface area contributed by atoms with Crippen molar-refractivity contribution in [3.05, 3.63) is 24.0 Å². The van der Waals surface area contributed by atoms with Crippen molar-refractivity contribution >= 4 is 11.6 Å². The number of anilines is 2. The molecule has 0 aliphatic carbocycles. The minimum Gasteiger partial charge on any atom is -0.396 e. The van der Waals surface area contributed by atoms with E-state index in [9.17, 15) is 0 Å². The van der Waals surface area contributed by atoms with E-state index >= 15 is 0 Å². The van der Waals surface area contributed by atoms with Gasteiger partial charge < -0.3 is 10.6 Å². The Bertz CT molecular complexity index is 342. The molecular formula is C10H14N4. The number of hydrogen-bond acceptors (Lipinski definition) is 4. The SMILES string of the molecule is CC1=CCN(c2ncc(N)cn2)CC1. The quantitative estimate of drug-likeness (QED) is 0.676. The van der Waals surface area contributed by atoms with Gasteiger partial charge in [0.15, 0.2) is 0 Å². The molecule has 0 fully saturated rings. The number of rotatable bonds is 1. The van der Waals surface area contributed by atoms with Crippen molar-refractivity contribution in [3.63, 3.8) is 0 Å². The molecule has 2 rings (SSSR count). The molecule has 14 heavy (non-hydrogen) atoms. The van der Waals surface area contributed by atoms with Crippen LogP contribution in [0.15, 0.2) is 24.0 Å². The summed E-state index contributed by atoms with van der Waals surface area (Å²) in [5.41, 5.74) is 7.57. The summed E-state index contributed by atoms with van der Waals surface area (Å²) in [4.78, 5) is 10.5. The first-order valence-electron chi connectivity index (χ1n) is 4.74. The molecule has 0 radical (unpaired) electrons. The van der Waals surface area contributed by atoms with Crippen LogP contribution < -0.4 is 10.6 Å². The van der Waals surface area contributed by atoms with Gasteiger partial charge in [-0.2, -0.15) is 0 Å². The Morgan fingerprint density at radius 1 is 1.36 bits per heavy atom. The van der Waals surface area contributed by atoms with Gasteiger partial charge in [-0.25, -0.2) is 9.97 Å². The van der Waals surface area contributed by atoms with Crippen LogP contribution in [0.2, 0.25) is 0 Å². The molecule has 1 aliphatic heterocycles. The maximum Gasteiger partial charge on any atom is 0.225 e. The third kappa shape index (κ3) is 1.84. The van der Waals surface area contributed by atoms with E-state index in [1.54, 1.807) is 12.4 Å². The van der Waals surface area contributed by atoms with Crippen molar-refractivity contribution < 1.29 is 0 Å². The summed E-state index contributed by atoms with van der Waals surface area (Å²) in [5.74, 6) is 0.767. The highest BCUT2D eigenvalue weighted by atomic mass is 15.2. The second-order valence-corrected chi connectivity index (χ2v) is 3.56. The molecular weight excluding hydrogens is 176 g/mol. The zero-order valence-corrected chi connectivity index (χ0v) is 8.27. The topological polar surface area (TPSA) is 55.0 Å². The first-order valence-corrected chi connectivity index (χ1v) is 4.74. The molecule has 0 saturated heterocycles. The molecule has 0 spiro atoms. The Labute approximate surface area is 83.5 Å². The van der Waals surface area contributed by atoms with Gasteiger partial charge >= 0.3 is 0 Å². The number of nitrogen functional groups attached to an aromatic ring is 1. The van der Waals surface area contributed by atoms with Crippen LogP contribution >= 0.6 is 0 Å². The lowest BCUT2D eigenvalue weighted by atomic mass is 10.1. The maximum absolute atomic E-state index is 5.52. The molecule has 0 unspecified atom stereocenters. The highest BCUT2D eigenvalue weighted by molar-refractivity contribution is 5.39. The normalized spacial score (nSPS) is 16.6. The van der Waals surface area contributed by atoms with Crippen molar-refractivity contribution in [1.82, 2.24) is 9.97 Å². The first-order chi connectivity index (χ1) is 6.75. The number of nitrogens with two attached hydrogens (primary N) is 1. The van der Waals surface area contributed by atoms with Crippen LogP contribution in [0.25, 0.3) is 0 Å². The highest BCUT2D eigenvalue weighted by Gasteiger charge is 2.11. The Kier molecular flexibility index (Phi) is 2.35. The minimum atomic E-state index is 0.609. The fourth-order valence-electron chi connectivity index (χ4n) is 1.45. The summed E-state index contributed by atoms with van der Waals surface area (Å²) < 4.78 is 0. The average Bonchev–Trinajstić information content (AvgIpc) is 2.21. The standard InChI is InChI=1S/C10H14N4/c1-8-2-4-14(5-3-8)10-12-6-9(11)7-13-10/h2,6-7H,3-5,11H2,1H3. The van der Waals surface area contributed by atoms with Crippen LogP contribution in [-0.4, -0.2) is 23.1 Å². The van der Waals surface area contributed by atoms with Crippen molar-refractivity contribution in [1.29, 1.82) is 0 Å². The van der Waals surface area contributed by atoms with E-state index in [-0.39, 0.29) is 0 Å². The van der Waals surface area contributed by atoms with Gasteiger partial charge in [0.05, 0.1) is 18.1 Å². The fraction of sp³-hybridized carbons (Fsp3) is 0.400. The van der Waals surface area contributed by atoms with E-state index in [2.05, 4.69) is 27.9 Å². The first kappa shape index (κ1) is 8.99. The van der Waals surface area contributed by atoms with E-state index in [1.807, 2.05) is 0 Å². The van der Waals surface area contributed by atoms with Gasteiger partial charge in [0.1, 0.15) is 0 Å². The monoisotopic (exact) mass is 190 g/mol. The summed E-state index contributed by atoms with van der Waals surface area (Å²) in [7, 11) is 0. The molecule has 0 saturated carbocycles. The molecule has 0 aromatic carbocycles. The summed E-state index contributed by atoms with van der Waals surface area (Å²) in [6.07, 6.45) is 6.60. The highest BCUT2D eigenvalue weighted by Crippen LogP contribution is 2.15. The maximum atomic E-state index is 5.52. The molecule has 0 amide bonds. The Balaban J connectivity index is 2.13. The van der Waals surface area contributed by atoms with Crippen LogP contribution in [0.4, 0.5) is 11.6 Å². The Morgan fingerprint density at radius 2 is 2.07 bits per heavy atom. The number of aromatic nitrogens is 2. The lowest BCUT2D eigenvalue weighted by molar-refractivity contribution is 0.760. The third-order valence-corrected chi connectivity index (χ3v) is 2.38. The van der Waals surface area contributed by atoms with Gasteiger partial charge in [-0.05, 0) is 13.3 Å². The molecule has 2 N–H and O–H groups in total. The van der Waals surface area contributed by atoms with Crippen molar-refractivity contribution in [2.75, 3.05) is 23.7 Å². The second kappa shape index (κ2) is 3.65. The molecule has 74 valence electrons. The summed E-state index contributed by atoms with van der Waals surface area (Å²) in [6.45, 7) is 4.04. The number of hydrogen-bond donors (Lipinski definition) is 1. The van der Waals surface area contributed by atoms with Crippen LogP contribution in [-0.2, 0) is 0 Å². The molecule has 4 nitrogen and oxygen atoms in total. The molecule has 1 aromatic heterocycles. The second-order valence-electron chi connectivity index (χ2n) is 3.56. The van der Waals surface area contributed by atoms with Gasteiger partial charge in [0, 0.05) is 13.1 Å². The van der Waals surface area contributed by atoms with Crippen LogP contribution in [0.1, 0.15) is 13.3 Å². The van der Waals surface area contributed by atoms with Crippen molar-refractivity contribution in [2.45, 2.75) is 13.3 Å². The molecule has 1 aliphatic rings. The fourth-order valence-corrected chi connectivity index (χ4v) is 1.45. The van der Waals surface area contributed by atoms with Gasteiger partial charge in [-0.1, -0.05) is 11.6 Å². The van der Waals surface area contributed by atoms with E-state index in [0.29, 0.717) is 5.69 Å². The predicted octanol–water partition coefficient (Wildman–Crippen LogP) is 1.22. The smallest absolute Gasteiger partial charge is 0.225 e. The van der Waals surface area contributed by atoms with Crippen LogP contribution in [0, 0.1) is 0 Å². The lowest BCUT2D eigenvalue weighted by Crippen LogP contribution is -2.29. The van der Waals surface area contributed by atoms with Crippen molar-refractivity contribution in [2.24, 2.45) is 0 Å². The molecule has 0 bridgehead atoms. The van der Waals surface area contributed by atoms with Crippen molar-refractivity contribution in [3.8, 4) is 0 Å². The van der Waals surface area contributed by atoms with E-state index in [0.717, 1.165) is 25.5 Å².